The first-order chi connectivity index (χ1) is 11.7. The Morgan fingerprint density at radius 3 is 2.83 bits per heavy atom. The summed E-state index contributed by atoms with van der Waals surface area (Å²) >= 11 is 7.60. The molecule has 0 N–H and O–H groups in total. The van der Waals surface area contributed by atoms with Crippen LogP contribution in [-0.4, -0.2) is 29.7 Å². The molecule has 4 rings (SSSR count). The molecule has 0 bridgehead atoms. The summed E-state index contributed by atoms with van der Waals surface area (Å²) in [5.74, 6) is 2.04. The molecule has 0 unspecified atom stereocenters. The van der Waals surface area contributed by atoms with Crippen molar-refractivity contribution in [2.24, 2.45) is 0 Å². The third-order valence-electron chi connectivity index (χ3n) is 3.75. The van der Waals surface area contributed by atoms with Crippen molar-refractivity contribution in [1.82, 2.24) is 29.7 Å². The highest BCUT2D eigenvalue weighted by Gasteiger charge is 2.27. The number of pyridine rings is 1. The van der Waals surface area contributed by atoms with Gasteiger partial charge in [0.1, 0.15) is 21.7 Å². The van der Waals surface area contributed by atoms with E-state index in [0.717, 1.165) is 46.9 Å². The van der Waals surface area contributed by atoms with Gasteiger partial charge in [0.2, 0.25) is 0 Å². The second-order valence-corrected chi connectivity index (χ2v) is 6.90. The number of nitrogens with zero attached hydrogens (tertiary/aromatic N) is 6. The fourth-order valence-corrected chi connectivity index (χ4v) is 3.58. The van der Waals surface area contributed by atoms with Crippen LogP contribution in [0.2, 0.25) is 5.15 Å². The SMILES string of the molecule is CCn1c(Sc2cc(Cl)nc(C3CC3)n2)nnc1-c1ccccn1. The molecule has 0 spiro atoms. The summed E-state index contributed by atoms with van der Waals surface area (Å²) in [5, 5.41) is 10.7. The first-order valence-electron chi connectivity index (χ1n) is 7.81. The molecule has 3 heterocycles. The molecule has 1 saturated carbocycles. The molecule has 3 aromatic heterocycles. The van der Waals surface area contributed by atoms with Crippen LogP contribution in [-0.2, 0) is 6.54 Å². The van der Waals surface area contributed by atoms with Gasteiger partial charge in [-0.05, 0) is 43.7 Å². The minimum absolute atomic E-state index is 0.455. The van der Waals surface area contributed by atoms with E-state index in [2.05, 4.69) is 32.1 Å². The standard InChI is InChI=1S/C16H15ClN6S/c1-2-23-15(11-5-3-4-8-18-11)21-22-16(23)24-13-9-12(17)19-14(20-13)10-6-7-10/h3-5,8-10H,2,6-7H2,1H3. The molecule has 0 radical (unpaired) electrons. The number of hydrogen-bond acceptors (Lipinski definition) is 6. The Balaban J connectivity index is 1.67. The Labute approximate surface area is 148 Å². The average molecular weight is 359 g/mol. The average Bonchev–Trinajstić information content (AvgIpc) is 3.37. The number of rotatable bonds is 5. The van der Waals surface area contributed by atoms with Crippen molar-refractivity contribution in [1.29, 1.82) is 0 Å². The van der Waals surface area contributed by atoms with Gasteiger partial charge in [0, 0.05) is 24.7 Å². The summed E-state index contributed by atoms with van der Waals surface area (Å²) in [7, 11) is 0. The van der Waals surface area contributed by atoms with Crippen LogP contribution in [0, 0.1) is 0 Å². The quantitative estimate of drug-likeness (QED) is 0.645. The molecule has 6 nitrogen and oxygen atoms in total. The minimum atomic E-state index is 0.455. The fraction of sp³-hybridized carbons (Fsp3) is 0.312. The normalized spacial score (nSPS) is 14.1. The molecule has 0 atom stereocenters. The summed E-state index contributed by atoms with van der Waals surface area (Å²) in [5.41, 5.74) is 0.804. The van der Waals surface area contributed by atoms with Gasteiger partial charge in [-0.2, -0.15) is 0 Å². The van der Waals surface area contributed by atoms with Crippen LogP contribution in [0.1, 0.15) is 31.5 Å². The number of aromatic nitrogens is 6. The van der Waals surface area contributed by atoms with Crippen LogP contribution in [0.25, 0.3) is 11.5 Å². The van der Waals surface area contributed by atoms with Crippen molar-refractivity contribution in [3.8, 4) is 11.5 Å². The molecule has 1 fully saturated rings. The van der Waals surface area contributed by atoms with Crippen molar-refractivity contribution in [3.05, 3.63) is 41.4 Å². The minimum Gasteiger partial charge on any atom is -0.301 e. The van der Waals surface area contributed by atoms with Crippen molar-refractivity contribution >= 4 is 23.4 Å². The lowest BCUT2D eigenvalue weighted by atomic mass is 10.3. The Morgan fingerprint density at radius 2 is 2.12 bits per heavy atom. The fourth-order valence-electron chi connectivity index (χ4n) is 2.42. The molecular weight excluding hydrogens is 344 g/mol. The summed E-state index contributed by atoms with van der Waals surface area (Å²) in [6, 6.07) is 7.52. The Kier molecular flexibility index (Phi) is 4.20. The smallest absolute Gasteiger partial charge is 0.197 e. The lowest BCUT2D eigenvalue weighted by Crippen LogP contribution is -2.01. The van der Waals surface area contributed by atoms with E-state index in [0.29, 0.717) is 11.1 Å². The molecule has 24 heavy (non-hydrogen) atoms. The second kappa shape index (κ2) is 6.49. The van der Waals surface area contributed by atoms with Crippen molar-refractivity contribution in [2.75, 3.05) is 0 Å². The van der Waals surface area contributed by atoms with E-state index in [1.807, 2.05) is 22.8 Å². The summed E-state index contributed by atoms with van der Waals surface area (Å²) in [6.45, 7) is 2.80. The van der Waals surface area contributed by atoms with Gasteiger partial charge in [-0.25, -0.2) is 9.97 Å². The molecule has 0 aliphatic heterocycles. The van der Waals surface area contributed by atoms with E-state index in [-0.39, 0.29) is 0 Å². The van der Waals surface area contributed by atoms with Gasteiger partial charge in [-0.15, -0.1) is 10.2 Å². The monoisotopic (exact) mass is 358 g/mol. The maximum atomic E-state index is 6.15. The highest BCUT2D eigenvalue weighted by atomic mass is 35.5. The zero-order valence-corrected chi connectivity index (χ0v) is 14.6. The van der Waals surface area contributed by atoms with Crippen LogP contribution in [0.15, 0.2) is 40.6 Å². The van der Waals surface area contributed by atoms with Gasteiger partial charge in [0.25, 0.3) is 0 Å². The van der Waals surface area contributed by atoms with Crippen LogP contribution in [0.4, 0.5) is 0 Å². The van der Waals surface area contributed by atoms with Gasteiger partial charge in [0.15, 0.2) is 11.0 Å². The zero-order chi connectivity index (χ0) is 16.5. The van der Waals surface area contributed by atoms with E-state index in [1.54, 1.807) is 12.3 Å². The van der Waals surface area contributed by atoms with Gasteiger partial charge in [0.05, 0.1) is 0 Å². The van der Waals surface area contributed by atoms with Gasteiger partial charge in [-0.1, -0.05) is 17.7 Å². The second-order valence-electron chi connectivity index (χ2n) is 5.53. The maximum Gasteiger partial charge on any atom is 0.197 e. The van der Waals surface area contributed by atoms with Crippen LogP contribution in [0.3, 0.4) is 0 Å². The third kappa shape index (κ3) is 3.14. The first-order valence-corrected chi connectivity index (χ1v) is 9.01. The molecule has 1 aliphatic rings. The van der Waals surface area contributed by atoms with Crippen LogP contribution in [0.5, 0.6) is 0 Å². The number of hydrogen-bond donors (Lipinski definition) is 0. The lowest BCUT2D eigenvalue weighted by molar-refractivity contribution is 0.685. The van der Waals surface area contributed by atoms with Gasteiger partial charge >= 0.3 is 0 Å². The summed E-state index contributed by atoms with van der Waals surface area (Å²) in [6.07, 6.45) is 4.03. The van der Waals surface area contributed by atoms with Crippen LogP contribution >= 0.6 is 23.4 Å². The summed E-state index contributed by atoms with van der Waals surface area (Å²) < 4.78 is 2.03. The molecule has 0 saturated heterocycles. The Bertz CT molecular complexity index is 862. The predicted molar refractivity (Wildman–Crippen MR) is 92.1 cm³/mol. The van der Waals surface area contributed by atoms with E-state index in [9.17, 15) is 0 Å². The molecule has 8 heteroatoms. The van der Waals surface area contributed by atoms with Crippen molar-refractivity contribution in [2.45, 2.75) is 42.4 Å². The van der Waals surface area contributed by atoms with Gasteiger partial charge < -0.3 is 4.57 Å². The van der Waals surface area contributed by atoms with Crippen molar-refractivity contribution < 1.29 is 0 Å². The zero-order valence-electron chi connectivity index (χ0n) is 13.1. The number of halogens is 1. The molecule has 3 aromatic rings. The van der Waals surface area contributed by atoms with Crippen LogP contribution < -0.4 is 0 Å². The third-order valence-corrected chi connectivity index (χ3v) is 4.85. The first kappa shape index (κ1) is 15.5. The van der Waals surface area contributed by atoms with E-state index < -0.39 is 0 Å². The molecular formula is C16H15ClN6S. The topological polar surface area (TPSA) is 69.4 Å². The largest absolute Gasteiger partial charge is 0.301 e. The van der Waals surface area contributed by atoms with Crippen molar-refractivity contribution in [3.63, 3.8) is 0 Å². The van der Waals surface area contributed by atoms with E-state index in [1.165, 1.54) is 11.8 Å². The predicted octanol–water partition coefficient (Wildman–Crippen LogP) is 3.83. The molecule has 1 aliphatic carbocycles. The summed E-state index contributed by atoms with van der Waals surface area (Å²) in [4.78, 5) is 13.3. The Morgan fingerprint density at radius 1 is 1.25 bits per heavy atom. The molecule has 122 valence electrons. The highest BCUT2D eigenvalue weighted by molar-refractivity contribution is 7.99. The molecule has 0 aromatic carbocycles. The molecule has 0 amide bonds. The lowest BCUT2D eigenvalue weighted by Gasteiger charge is -2.07. The maximum absolute atomic E-state index is 6.15. The van der Waals surface area contributed by atoms with Gasteiger partial charge in [-0.3, -0.25) is 4.98 Å². The Hall–Kier alpha value is -1.99. The van der Waals surface area contributed by atoms with E-state index >= 15 is 0 Å². The highest BCUT2D eigenvalue weighted by Crippen LogP contribution is 2.39. The van der Waals surface area contributed by atoms with E-state index in [4.69, 9.17) is 11.6 Å².